The number of methoxy groups -OCH3 is 1. The number of hydrogen-bond acceptors (Lipinski definition) is 3. The molecule has 2 heterocycles. The highest BCUT2D eigenvalue weighted by Crippen LogP contribution is 2.33. The third kappa shape index (κ3) is 5.90. The van der Waals surface area contributed by atoms with Crippen LogP contribution in [-0.2, 0) is 12.8 Å². The molecule has 1 fully saturated rings. The molecule has 0 spiro atoms. The summed E-state index contributed by atoms with van der Waals surface area (Å²) in [5.74, 6) is 3.03. The lowest BCUT2D eigenvalue weighted by Gasteiger charge is -2.31. The predicted octanol–water partition coefficient (Wildman–Crippen LogP) is 6.00. The Hall–Kier alpha value is -1.71. The molecule has 0 saturated carbocycles. The van der Waals surface area contributed by atoms with Gasteiger partial charge in [0.25, 0.3) is 0 Å². The van der Waals surface area contributed by atoms with Crippen LogP contribution in [0.2, 0.25) is 0 Å². The number of benzene rings is 2. The molecule has 4 rings (SSSR count). The van der Waals surface area contributed by atoms with E-state index in [0.717, 1.165) is 18.1 Å². The van der Waals surface area contributed by atoms with Gasteiger partial charge in [0.1, 0.15) is 5.75 Å². The summed E-state index contributed by atoms with van der Waals surface area (Å²) in [6.07, 6.45) is 9.93. The van der Waals surface area contributed by atoms with Crippen LogP contribution in [0.25, 0.3) is 0 Å². The minimum Gasteiger partial charge on any atom is -0.497 e. The largest absolute Gasteiger partial charge is 0.497 e. The Kier molecular flexibility index (Phi) is 7.34. The molecule has 2 nitrogen and oxygen atoms in total. The summed E-state index contributed by atoms with van der Waals surface area (Å²) >= 11 is 1.99. The lowest BCUT2D eigenvalue weighted by Crippen LogP contribution is -2.34. The Morgan fingerprint density at radius 3 is 2.72 bits per heavy atom. The van der Waals surface area contributed by atoms with Crippen molar-refractivity contribution in [1.82, 2.24) is 4.90 Å². The number of fused-ring (bicyclic) bond motifs is 1. The molecule has 29 heavy (non-hydrogen) atoms. The van der Waals surface area contributed by atoms with Crippen LogP contribution < -0.4 is 4.74 Å². The average molecular weight is 408 g/mol. The van der Waals surface area contributed by atoms with Crippen molar-refractivity contribution in [3.63, 3.8) is 0 Å². The van der Waals surface area contributed by atoms with Gasteiger partial charge in [-0.1, -0.05) is 42.0 Å². The maximum absolute atomic E-state index is 5.43. The lowest BCUT2D eigenvalue weighted by molar-refractivity contribution is 0.187. The van der Waals surface area contributed by atoms with Crippen LogP contribution in [0.1, 0.15) is 36.8 Å². The molecule has 2 aromatic carbocycles. The molecule has 3 heteroatoms. The molecule has 0 N–H and O–H groups in total. The number of thioether (sulfide) groups is 1. The summed E-state index contributed by atoms with van der Waals surface area (Å²) in [5.41, 5.74) is 4.53. The number of rotatable bonds is 6. The number of ether oxygens (including phenoxy) is 1. The molecule has 0 aromatic heterocycles. The van der Waals surface area contributed by atoms with Gasteiger partial charge >= 0.3 is 0 Å². The summed E-state index contributed by atoms with van der Waals surface area (Å²) in [5, 5.41) is 0. The topological polar surface area (TPSA) is 12.5 Å². The van der Waals surface area contributed by atoms with Gasteiger partial charge in [0.2, 0.25) is 0 Å². The zero-order valence-corrected chi connectivity index (χ0v) is 18.4. The average Bonchev–Trinajstić information content (AvgIpc) is 2.97. The zero-order chi connectivity index (χ0) is 19.9. The number of hydrogen-bond donors (Lipinski definition) is 0. The van der Waals surface area contributed by atoms with Gasteiger partial charge in [0.05, 0.1) is 7.11 Å². The van der Waals surface area contributed by atoms with Gasteiger partial charge in [-0.3, -0.25) is 0 Å². The second-order valence-electron chi connectivity index (χ2n) is 8.37. The van der Waals surface area contributed by atoms with Gasteiger partial charge in [0.15, 0.2) is 0 Å². The van der Waals surface area contributed by atoms with E-state index in [1.54, 1.807) is 12.7 Å². The predicted molar refractivity (Wildman–Crippen MR) is 124 cm³/mol. The van der Waals surface area contributed by atoms with Crippen LogP contribution in [0.4, 0.5) is 0 Å². The Morgan fingerprint density at radius 1 is 1.10 bits per heavy atom. The summed E-state index contributed by atoms with van der Waals surface area (Å²) in [6.45, 7) is 3.73. The highest BCUT2D eigenvalue weighted by Gasteiger charge is 2.19. The molecule has 0 radical (unpaired) electrons. The maximum atomic E-state index is 5.43. The molecular weight excluding hydrogens is 374 g/mol. The van der Waals surface area contributed by atoms with Crippen molar-refractivity contribution in [3.8, 4) is 5.75 Å². The standard InChI is InChI=1S/C26H33NOS/c1-28-25-9-10-26-24(20-25)19-22(13-17-29-26)8-5-14-27-15-11-23(12-16-27)18-21-6-3-2-4-7-21/h2-4,6-10,20,23H,5,11-19H2,1H3/b22-8-. The molecular formula is C26H33NOS. The second-order valence-corrected chi connectivity index (χ2v) is 9.51. The number of likely N-dealkylation sites (tertiary alicyclic amines) is 1. The Labute approximate surface area is 180 Å². The maximum Gasteiger partial charge on any atom is 0.119 e. The first-order chi connectivity index (χ1) is 14.3. The number of allylic oxidation sites excluding steroid dienone is 1. The SMILES string of the molecule is COc1ccc2c(c1)C/C(=C\CCN1CCC(Cc3ccccc3)CC1)CCS2. The van der Waals surface area contributed by atoms with Gasteiger partial charge in [-0.05, 0) is 86.9 Å². The molecule has 2 aromatic rings. The Bertz CT molecular complexity index is 809. The Balaban J connectivity index is 1.24. The molecule has 2 aliphatic heterocycles. The van der Waals surface area contributed by atoms with E-state index in [0.29, 0.717) is 0 Å². The molecule has 0 atom stereocenters. The third-order valence-electron chi connectivity index (χ3n) is 6.32. The van der Waals surface area contributed by atoms with E-state index in [1.807, 2.05) is 11.8 Å². The first kappa shape index (κ1) is 20.6. The van der Waals surface area contributed by atoms with E-state index in [1.165, 1.54) is 73.5 Å². The van der Waals surface area contributed by atoms with Crippen LogP contribution >= 0.6 is 11.8 Å². The van der Waals surface area contributed by atoms with E-state index >= 15 is 0 Å². The molecule has 154 valence electrons. The van der Waals surface area contributed by atoms with E-state index in [2.05, 4.69) is 59.5 Å². The number of piperidine rings is 1. The first-order valence-corrected chi connectivity index (χ1v) is 12.0. The van der Waals surface area contributed by atoms with E-state index in [-0.39, 0.29) is 0 Å². The normalized spacial score (nSPS) is 19.7. The van der Waals surface area contributed by atoms with Crippen molar-refractivity contribution in [3.05, 3.63) is 71.3 Å². The van der Waals surface area contributed by atoms with Crippen molar-refractivity contribution >= 4 is 11.8 Å². The van der Waals surface area contributed by atoms with E-state index < -0.39 is 0 Å². The summed E-state index contributed by atoms with van der Waals surface area (Å²) in [4.78, 5) is 4.09. The van der Waals surface area contributed by atoms with E-state index in [4.69, 9.17) is 4.74 Å². The van der Waals surface area contributed by atoms with Crippen LogP contribution in [-0.4, -0.2) is 37.4 Å². The monoisotopic (exact) mass is 407 g/mol. The van der Waals surface area contributed by atoms with Gasteiger partial charge in [-0.15, -0.1) is 11.8 Å². The fourth-order valence-electron chi connectivity index (χ4n) is 4.57. The smallest absolute Gasteiger partial charge is 0.119 e. The highest BCUT2D eigenvalue weighted by atomic mass is 32.2. The van der Waals surface area contributed by atoms with Crippen LogP contribution in [0.15, 0.2) is 65.1 Å². The molecule has 0 amide bonds. The van der Waals surface area contributed by atoms with Crippen LogP contribution in [0, 0.1) is 5.92 Å². The molecule has 1 saturated heterocycles. The van der Waals surface area contributed by atoms with Crippen molar-refractivity contribution in [2.24, 2.45) is 5.92 Å². The van der Waals surface area contributed by atoms with Crippen LogP contribution in [0.5, 0.6) is 5.75 Å². The quantitative estimate of drug-likeness (QED) is 0.545. The summed E-state index contributed by atoms with van der Waals surface area (Å²) in [7, 11) is 1.76. The van der Waals surface area contributed by atoms with Gasteiger partial charge < -0.3 is 9.64 Å². The summed E-state index contributed by atoms with van der Waals surface area (Å²) in [6, 6.07) is 17.5. The highest BCUT2D eigenvalue weighted by molar-refractivity contribution is 7.99. The van der Waals surface area contributed by atoms with E-state index in [9.17, 15) is 0 Å². The second kappa shape index (κ2) is 10.4. The zero-order valence-electron chi connectivity index (χ0n) is 17.6. The van der Waals surface area contributed by atoms with Crippen molar-refractivity contribution in [1.29, 1.82) is 0 Å². The van der Waals surface area contributed by atoms with Crippen molar-refractivity contribution < 1.29 is 4.74 Å². The molecule has 2 aliphatic rings. The first-order valence-electron chi connectivity index (χ1n) is 11.0. The third-order valence-corrected chi connectivity index (χ3v) is 7.44. The van der Waals surface area contributed by atoms with Gasteiger partial charge in [0, 0.05) is 17.2 Å². The fourth-order valence-corrected chi connectivity index (χ4v) is 5.64. The molecule has 0 unspecified atom stereocenters. The minimum absolute atomic E-state index is 0.859. The van der Waals surface area contributed by atoms with Gasteiger partial charge in [-0.25, -0.2) is 0 Å². The van der Waals surface area contributed by atoms with Crippen molar-refractivity contribution in [2.45, 2.75) is 43.4 Å². The molecule has 0 aliphatic carbocycles. The minimum atomic E-state index is 0.859. The van der Waals surface area contributed by atoms with Crippen LogP contribution in [0.3, 0.4) is 0 Å². The Morgan fingerprint density at radius 2 is 1.93 bits per heavy atom. The van der Waals surface area contributed by atoms with Crippen molar-refractivity contribution in [2.75, 3.05) is 32.5 Å². The fraction of sp³-hybridized carbons (Fsp3) is 0.462. The molecule has 0 bridgehead atoms. The lowest BCUT2D eigenvalue weighted by atomic mass is 9.90. The number of nitrogens with zero attached hydrogens (tertiary/aromatic N) is 1. The summed E-state index contributed by atoms with van der Waals surface area (Å²) < 4.78 is 5.43. The van der Waals surface area contributed by atoms with Gasteiger partial charge in [-0.2, -0.15) is 0 Å².